The summed E-state index contributed by atoms with van der Waals surface area (Å²) in [5.74, 6) is 0.143. The molecular formula is C11H22N2O3. The number of hydrogen-bond acceptors (Lipinski definition) is 4. The molecule has 94 valence electrons. The molecule has 0 aromatic rings. The lowest BCUT2D eigenvalue weighted by atomic mass is 10.0. The molecule has 1 atom stereocenters. The minimum Gasteiger partial charge on any atom is -0.386 e. The van der Waals surface area contributed by atoms with Gasteiger partial charge in [0.2, 0.25) is 5.91 Å². The number of carbonyl (C=O) groups is 1. The number of carbonyl (C=O) groups excluding carboxylic acids is 1. The molecule has 1 unspecified atom stereocenters. The predicted octanol–water partition coefficient (Wildman–Crippen LogP) is -0.404. The zero-order chi connectivity index (χ0) is 12.0. The first-order valence-electron chi connectivity index (χ1n) is 5.74. The van der Waals surface area contributed by atoms with Crippen LogP contribution < -0.4 is 5.32 Å². The van der Waals surface area contributed by atoms with Crippen LogP contribution in [0.1, 0.15) is 19.3 Å². The average molecular weight is 230 g/mol. The van der Waals surface area contributed by atoms with Gasteiger partial charge in [0.15, 0.2) is 0 Å². The zero-order valence-corrected chi connectivity index (χ0v) is 10.2. The van der Waals surface area contributed by atoms with Gasteiger partial charge >= 0.3 is 0 Å². The zero-order valence-electron chi connectivity index (χ0n) is 10.2. The van der Waals surface area contributed by atoms with Gasteiger partial charge in [0.1, 0.15) is 5.60 Å². The molecule has 16 heavy (non-hydrogen) atoms. The average Bonchev–Trinajstić information content (AvgIpc) is 2.64. The van der Waals surface area contributed by atoms with E-state index < -0.39 is 5.60 Å². The fourth-order valence-corrected chi connectivity index (χ4v) is 1.65. The number of ether oxygens (including phenoxy) is 1. The van der Waals surface area contributed by atoms with Gasteiger partial charge in [-0.15, -0.1) is 0 Å². The second kappa shape index (κ2) is 6.18. The summed E-state index contributed by atoms with van der Waals surface area (Å²) in [6, 6.07) is 0. The summed E-state index contributed by atoms with van der Waals surface area (Å²) >= 11 is 0. The third kappa shape index (κ3) is 4.47. The van der Waals surface area contributed by atoms with Crippen LogP contribution in [0.25, 0.3) is 0 Å². The third-order valence-electron chi connectivity index (χ3n) is 2.78. The topological polar surface area (TPSA) is 61.8 Å². The standard InChI is InChI=1S/C11H22N2O3/c1-13(2)10(14)4-3-6-12-8-11(15)5-7-16-9-11/h12,15H,3-9H2,1-2H3. The number of nitrogens with one attached hydrogen (secondary N) is 1. The molecule has 1 heterocycles. The van der Waals surface area contributed by atoms with Crippen molar-refractivity contribution in [2.75, 3.05) is 40.4 Å². The highest BCUT2D eigenvalue weighted by atomic mass is 16.5. The summed E-state index contributed by atoms with van der Waals surface area (Å²) in [5.41, 5.74) is -0.703. The van der Waals surface area contributed by atoms with E-state index in [4.69, 9.17) is 4.74 Å². The van der Waals surface area contributed by atoms with Crippen molar-refractivity contribution in [1.82, 2.24) is 10.2 Å². The largest absolute Gasteiger partial charge is 0.386 e. The van der Waals surface area contributed by atoms with Gasteiger partial charge < -0.3 is 20.1 Å². The molecule has 0 saturated carbocycles. The van der Waals surface area contributed by atoms with Crippen LogP contribution in [-0.4, -0.2) is 61.9 Å². The van der Waals surface area contributed by atoms with Gasteiger partial charge in [-0.3, -0.25) is 4.79 Å². The van der Waals surface area contributed by atoms with E-state index in [9.17, 15) is 9.90 Å². The summed E-state index contributed by atoms with van der Waals surface area (Å²) in [5, 5.41) is 13.1. The first-order chi connectivity index (χ1) is 7.53. The molecule has 0 aromatic carbocycles. The van der Waals surface area contributed by atoms with E-state index in [1.165, 1.54) is 0 Å². The van der Waals surface area contributed by atoms with Crippen molar-refractivity contribution in [2.45, 2.75) is 24.9 Å². The first-order valence-corrected chi connectivity index (χ1v) is 5.74. The molecule has 0 spiro atoms. The Balaban J connectivity index is 2.01. The Morgan fingerprint density at radius 2 is 2.31 bits per heavy atom. The molecule has 1 aliphatic heterocycles. The van der Waals surface area contributed by atoms with E-state index in [0.717, 1.165) is 13.0 Å². The maximum absolute atomic E-state index is 11.3. The van der Waals surface area contributed by atoms with Crippen LogP contribution in [0.5, 0.6) is 0 Å². The molecule has 0 aromatic heterocycles. The van der Waals surface area contributed by atoms with Crippen molar-refractivity contribution in [1.29, 1.82) is 0 Å². The summed E-state index contributed by atoms with van der Waals surface area (Å²) in [7, 11) is 3.52. The van der Waals surface area contributed by atoms with Crippen molar-refractivity contribution >= 4 is 5.91 Å². The molecule has 2 N–H and O–H groups in total. The predicted molar refractivity (Wildman–Crippen MR) is 61.2 cm³/mol. The molecule has 1 aliphatic rings. The van der Waals surface area contributed by atoms with Crippen LogP contribution in [0.15, 0.2) is 0 Å². The highest BCUT2D eigenvalue weighted by molar-refractivity contribution is 5.75. The van der Waals surface area contributed by atoms with Crippen LogP contribution >= 0.6 is 0 Å². The number of hydrogen-bond donors (Lipinski definition) is 2. The summed E-state index contributed by atoms with van der Waals surface area (Å²) < 4.78 is 5.14. The van der Waals surface area contributed by atoms with Gasteiger partial charge in [-0.2, -0.15) is 0 Å². The van der Waals surface area contributed by atoms with Gasteiger partial charge in [0, 0.05) is 40.1 Å². The number of amides is 1. The quantitative estimate of drug-likeness (QED) is 0.609. The summed E-state index contributed by atoms with van der Waals surface area (Å²) in [6.07, 6.45) is 2.04. The van der Waals surface area contributed by atoms with Crippen molar-refractivity contribution in [3.63, 3.8) is 0 Å². The molecule has 0 radical (unpaired) electrons. The van der Waals surface area contributed by atoms with Crippen LogP contribution in [-0.2, 0) is 9.53 Å². The Kier molecular flexibility index (Phi) is 5.18. The molecule has 5 heteroatoms. The number of nitrogens with zero attached hydrogens (tertiary/aromatic N) is 1. The molecule has 1 amide bonds. The second-order valence-corrected chi connectivity index (χ2v) is 4.60. The highest BCUT2D eigenvalue weighted by Gasteiger charge is 2.31. The van der Waals surface area contributed by atoms with E-state index in [-0.39, 0.29) is 5.91 Å². The molecule has 0 bridgehead atoms. The van der Waals surface area contributed by atoms with Crippen molar-refractivity contribution < 1.29 is 14.6 Å². The number of aliphatic hydroxyl groups is 1. The van der Waals surface area contributed by atoms with Gasteiger partial charge in [-0.25, -0.2) is 0 Å². The van der Waals surface area contributed by atoms with Crippen LogP contribution in [0.4, 0.5) is 0 Å². The first kappa shape index (κ1) is 13.4. The molecule has 1 saturated heterocycles. The Hall–Kier alpha value is -0.650. The smallest absolute Gasteiger partial charge is 0.222 e. The van der Waals surface area contributed by atoms with Crippen LogP contribution in [0.3, 0.4) is 0 Å². The van der Waals surface area contributed by atoms with E-state index in [1.807, 2.05) is 0 Å². The second-order valence-electron chi connectivity index (χ2n) is 4.60. The minimum atomic E-state index is -0.703. The van der Waals surface area contributed by atoms with Gasteiger partial charge in [0.25, 0.3) is 0 Å². The van der Waals surface area contributed by atoms with Crippen molar-refractivity contribution in [3.8, 4) is 0 Å². The monoisotopic (exact) mass is 230 g/mol. The maximum Gasteiger partial charge on any atom is 0.222 e. The summed E-state index contributed by atoms with van der Waals surface area (Å²) in [4.78, 5) is 12.8. The number of rotatable bonds is 6. The van der Waals surface area contributed by atoms with E-state index in [2.05, 4.69) is 5.32 Å². The van der Waals surface area contributed by atoms with Crippen LogP contribution in [0, 0.1) is 0 Å². The molecular weight excluding hydrogens is 208 g/mol. The Morgan fingerprint density at radius 1 is 1.56 bits per heavy atom. The van der Waals surface area contributed by atoms with Crippen molar-refractivity contribution in [2.24, 2.45) is 0 Å². The van der Waals surface area contributed by atoms with E-state index in [1.54, 1.807) is 19.0 Å². The van der Waals surface area contributed by atoms with Gasteiger partial charge in [-0.1, -0.05) is 0 Å². The van der Waals surface area contributed by atoms with Gasteiger partial charge in [0.05, 0.1) is 6.61 Å². The molecule has 1 rings (SSSR count). The lowest BCUT2D eigenvalue weighted by Crippen LogP contribution is -2.41. The van der Waals surface area contributed by atoms with Crippen LogP contribution in [0.2, 0.25) is 0 Å². The molecule has 1 fully saturated rings. The fourth-order valence-electron chi connectivity index (χ4n) is 1.65. The lowest BCUT2D eigenvalue weighted by Gasteiger charge is -2.20. The minimum absolute atomic E-state index is 0.143. The summed E-state index contributed by atoms with van der Waals surface area (Å²) in [6.45, 7) is 2.35. The molecule has 0 aliphatic carbocycles. The normalized spacial score (nSPS) is 24.7. The third-order valence-corrected chi connectivity index (χ3v) is 2.78. The Labute approximate surface area is 96.8 Å². The Bertz CT molecular complexity index is 225. The highest BCUT2D eigenvalue weighted by Crippen LogP contribution is 2.16. The maximum atomic E-state index is 11.3. The lowest BCUT2D eigenvalue weighted by molar-refractivity contribution is -0.128. The van der Waals surface area contributed by atoms with Crippen molar-refractivity contribution in [3.05, 3.63) is 0 Å². The Morgan fingerprint density at radius 3 is 2.88 bits per heavy atom. The fraction of sp³-hybridized carbons (Fsp3) is 0.909. The molecule has 5 nitrogen and oxygen atoms in total. The SMILES string of the molecule is CN(C)C(=O)CCCNCC1(O)CCOC1. The van der Waals surface area contributed by atoms with Gasteiger partial charge in [-0.05, 0) is 13.0 Å². The van der Waals surface area contributed by atoms with E-state index in [0.29, 0.717) is 32.6 Å². The van der Waals surface area contributed by atoms with E-state index >= 15 is 0 Å².